The van der Waals surface area contributed by atoms with Crippen molar-refractivity contribution in [3.05, 3.63) is 35.1 Å². The first-order chi connectivity index (χ1) is 10.2. The van der Waals surface area contributed by atoms with Crippen molar-refractivity contribution in [1.29, 1.82) is 0 Å². The Balaban J connectivity index is 1.79. The van der Waals surface area contributed by atoms with Gasteiger partial charge in [-0.3, -0.25) is 0 Å². The molecule has 21 heavy (non-hydrogen) atoms. The standard InChI is InChI=1S/C15H14ClN3O2/c1-19-12-4-2-3-11(16)10(12)7-13(19)15-17-14(18-21-15)9-5-6-20-8-9/h2-4,7,9H,5-6,8H2,1H3/t9-/m0/s1. The summed E-state index contributed by atoms with van der Waals surface area (Å²) in [6.45, 7) is 1.43. The number of aryl methyl sites for hydroxylation is 1. The van der Waals surface area contributed by atoms with E-state index in [1.165, 1.54) is 0 Å². The Kier molecular flexibility index (Phi) is 2.97. The molecule has 0 bridgehead atoms. The van der Waals surface area contributed by atoms with Gasteiger partial charge >= 0.3 is 0 Å². The Labute approximate surface area is 126 Å². The number of nitrogens with zero attached hydrogens (tertiary/aromatic N) is 3. The predicted octanol–water partition coefficient (Wildman–Crippen LogP) is 3.39. The summed E-state index contributed by atoms with van der Waals surface area (Å²) < 4.78 is 12.8. The molecule has 0 spiro atoms. The minimum absolute atomic E-state index is 0.237. The molecule has 0 aliphatic carbocycles. The number of aromatic nitrogens is 3. The van der Waals surface area contributed by atoms with E-state index < -0.39 is 0 Å². The van der Waals surface area contributed by atoms with Crippen LogP contribution in [0.3, 0.4) is 0 Å². The Morgan fingerprint density at radius 2 is 2.29 bits per heavy atom. The molecule has 5 nitrogen and oxygen atoms in total. The lowest BCUT2D eigenvalue weighted by Crippen LogP contribution is -2.00. The Morgan fingerprint density at radius 1 is 1.38 bits per heavy atom. The monoisotopic (exact) mass is 303 g/mol. The van der Waals surface area contributed by atoms with Gasteiger partial charge in [-0.15, -0.1) is 0 Å². The molecule has 108 valence electrons. The lowest BCUT2D eigenvalue weighted by Gasteiger charge is -2.00. The third-order valence-electron chi connectivity index (χ3n) is 3.99. The Hall–Kier alpha value is -1.85. The van der Waals surface area contributed by atoms with Gasteiger partial charge in [0.2, 0.25) is 0 Å². The number of halogens is 1. The molecule has 0 amide bonds. The summed E-state index contributed by atoms with van der Waals surface area (Å²) in [6, 6.07) is 7.82. The molecule has 1 atom stereocenters. The van der Waals surface area contributed by atoms with Gasteiger partial charge in [0.15, 0.2) is 5.82 Å². The fourth-order valence-corrected chi connectivity index (χ4v) is 3.00. The molecule has 1 fully saturated rings. The zero-order valence-corrected chi connectivity index (χ0v) is 12.3. The van der Waals surface area contributed by atoms with Crippen molar-refractivity contribution in [2.45, 2.75) is 12.3 Å². The molecule has 0 unspecified atom stereocenters. The van der Waals surface area contributed by atoms with Gasteiger partial charge in [-0.25, -0.2) is 0 Å². The van der Waals surface area contributed by atoms with E-state index in [1.54, 1.807) is 0 Å². The molecule has 2 aromatic heterocycles. The van der Waals surface area contributed by atoms with Gasteiger partial charge in [0.05, 0.1) is 6.61 Å². The quantitative estimate of drug-likeness (QED) is 0.728. The van der Waals surface area contributed by atoms with Crippen LogP contribution < -0.4 is 0 Å². The van der Waals surface area contributed by atoms with Crippen molar-refractivity contribution in [3.63, 3.8) is 0 Å². The normalized spacial score (nSPS) is 18.7. The van der Waals surface area contributed by atoms with Crippen LogP contribution in [0, 0.1) is 0 Å². The minimum atomic E-state index is 0.237. The van der Waals surface area contributed by atoms with Crippen LogP contribution in [0.25, 0.3) is 22.5 Å². The topological polar surface area (TPSA) is 53.1 Å². The molecule has 6 heteroatoms. The summed E-state index contributed by atoms with van der Waals surface area (Å²) >= 11 is 6.24. The molecule has 1 aliphatic heterocycles. The Bertz CT molecular complexity index is 802. The van der Waals surface area contributed by atoms with Crippen LogP contribution in [0.5, 0.6) is 0 Å². The number of hydrogen-bond donors (Lipinski definition) is 0. The lowest BCUT2D eigenvalue weighted by atomic mass is 10.1. The van der Waals surface area contributed by atoms with Gasteiger partial charge in [0.1, 0.15) is 5.69 Å². The maximum absolute atomic E-state index is 6.24. The van der Waals surface area contributed by atoms with E-state index in [1.807, 2.05) is 35.9 Å². The van der Waals surface area contributed by atoms with E-state index >= 15 is 0 Å². The average molecular weight is 304 g/mol. The van der Waals surface area contributed by atoms with E-state index in [4.69, 9.17) is 20.9 Å². The second kappa shape index (κ2) is 4.86. The molecule has 0 saturated carbocycles. The van der Waals surface area contributed by atoms with Crippen LogP contribution in [0.4, 0.5) is 0 Å². The van der Waals surface area contributed by atoms with Crippen LogP contribution in [-0.4, -0.2) is 27.9 Å². The average Bonchev–Trinajstić information content (AvgIpc) is 3.18. The molecule has 1 aromatic carbocycles. The minimum Gasteiger partial charge on any atom is -0.381 e. The van der Waals surface area contributed by atoms with Gasteiger partial charge in [0, 0.05) is 35.5 Å². The van der Waals surface area contributed by atoms with E-state index in [2.05, 4.69) is 10.1 Å². The highest BCUT2D eigenvalue weighted by atomic mass is 35.5. The number of benzene rings is 1. The molecular weight excluding hydrogens is 290 g/mol. The number of hydrogen-bond acceptors (Lipinski definition) is 4. The summed E-state index contributed by atoms with van der Waals surface area (Å²) in [5.74, 6) is 1.48. The maximum atomic E-state index is 6.24. The summed E-state index contributed by atoms with van der Waals surface area (Å²) in [4.78, 5) is 4.53. The second-order valence-corrected chi connectivity index (χ2v) is 5.69. The summed E-state index contributed by atoms with van der Waals surface area (Å²) in [7, 11) is 1.97. The highest BCUT2D eigenvalue weighted by Gasteiger charge is 2.24. The third kappa shape index (κ3) is 2.04. The highest BCUT2D eigenvalue weighted by Crippen LogP contribution is 2.32. The van der Waals surface area contributed by atoms with Gasteiger partial charge in [-0.2, -0.15) is 4.98 Å². The van der Waals surface area contributed by atoms with Gasteiger partial charge in [0.25, 0.3) is 5.89 Å². The van der Waals surface area contributed by atoms with E-state index in [-0.39, 0.29) is 5.92 Å². The van der Waals surface area contributed by atoms with E-state index in [0.29, 0.717) is 12.5 Å². The van der Waals surface area contributed by atoms with Crippen molar-refractivity contribution in [2.24, 2.45) is 7.05 Å². The van der Waals surface area contributed by atoms with Crippen molar-refractivity contribution >= 4 is 22.5 Å². The zero-order chi connectivity index (χ0) is 14.4. The molecular formula is C15H14ClN3O2. The largest absolute Gasteiger partial charge is 0.381 e. The highest BCUT2D eigenvalue weighted by molar-refractivity contribution is 6.35. The summed E-state index contributed by atoms with van der Waals surface area (Å²) in [5.41, 5.74) is 1.91. The molecule has 1 saturated heterocycles. The van der Waals surface area contributed by atoms with Crippen LogP contribution in [0.1, 0.15) is 18.2 Å². The van der Waals surface area contributed by atoms with E-state index in [9.17, 15) is 0 Å². The van der Waals surface area contributed by atoms with Crippen LogP contribution >= 0.6 is 11.6 Å². The van der Waals surface area contributed by atoms with E-state index in [0.717, 1.165) is 40.5 Å². The first kappa shape index (κ1) is 12.9. The van der Waals surface area contributed by atoms with Gasteiger partial charge < -0.3 is 13.8 Å². The first-order valence-corrected chi connectivity index (χ1v) is 7.27. The third-order valence-corrected chi connectivity index (χ3v) is 4.32. The van der Waals surface area contributed by atoms with Crippen molar-refractivity contribution in [1.82, 2.24) is 14.7 Å². The van der Waals surface area contributed by atoms with Crippen molar-refractivity contribution in [3.8, 4) is 11.6 Å². The lowest BCUT2D eigenvalue weighted by molar-refractivity contribution is 0.192. The molecule has 3 aromatic rings. The SMILES string of the molecule is Cn1c(-c2nc([C@H]3CCOC3)no2)cc2c(Cl)cccc21. The summed E-state index contributed by atoms with van der Waals surface area (Å²) in [5, 5.41) is 5.80. The predicted molar refractivity (Wildman–Crippen MR) is 79.4 cm³/mol. The Morgan fingerprint density at radius 3 is 3.05 bits per heavy atom. The smallest absolute Gasteiger partial charge is 0.274 e. The number of ether oxygens (including phenoxy) is 1. The van der Waals surface area contributed by atoms with Crippen molar-refractivity contribution in [2.75, 3.05) is 13.2 Å². The second-order valence-electron chi connectivity index (χ2n) is 5.28. The van der Waals surface area contributed by atoms with Gasteiger partial charge in [-0.1, -0.05) is 22.8 Å². The van der Waals surface area contributed by atoms with Crippen LogP contribution in [0.2, 0.25) is 5.02 Å². The molecule has 4 rings (SSSR count). The van der Waals surface area contributed by atoms with Crippen molar-refractivity contribution < 1.29 is 9.26 Å². The fourth-order valence-electron chi connectivity index (χ4n) is 2.77. The molecule has 3 heterocycles. The number of rotatable bonds is 2. The molecule has 1 aliphatic rings. The van der Waals surface area contributed by atoms with Crippen LogP contribution in [0.15, 0.2) is 28.8 Å². The fraction of sp³-hybridized carbons (Fsp3) is 0.333. The van der Waals surface area contributed by atoms with Gasteiger partial charge in [-0.05, 0) is 24.6 Å². The van der Waals surface area contributed by atoms with Crippen LogP contribution in [-0.2, 0) is 11.8 Å². The zero-order valence-electron chi connectivity index (χ0n) is 11.5. The number of fused-ring (bicyclic) bond motifs is 1. The first-order valence-electron chi connectivity index (χ1n) is 6.89. The molecule has 0 radical (unpaired) electrons. The summed E-state index contributed by atoms with van der Waals surface area (Å²) in [6.07, 6.45) is 0.944. The maximum Gasteiger partial charge on any atom is 0.274 e. The molecule has 0 N–H and O–H groups in total.